The van der Waals surface area contributed by atoms with Crippen LogP contribution >= 0.6 is 11.8 Å². The molecule has 184 valence electrons. The molecule has 3 aromatic carbocycles. The average Bonchev–Trinajstić information content (AvgIpc) is 3.12. The first-order chi connectivity index (χ1) is 17.3. The Labute approximate surface area is 210 Å². The van der Waals surface area contributed by atoms with E-state index in [2.05, 4.69) is 0 Å². The van der Waals surface area contributed by atoms with Crippen LogP contribution in [0.4, 0.5) is 14.9 Å². The molecule has 0 atom stereocenters. The van der Waals surface area contributed by atoms with E-state index in [1.807, 2.05) is 6.92 Å². The molecule has 0 unspecified atom stereocenters. The van der Waals surface area contributed by atoms with E-state index >= 15 is 0 Å². The lowest BCUT2D eigenvalue weighted by molar-refractivity contribution is -0.384. The molecule has 1 heterocycles. The first-order valence-corrected chi connectivity index (χ1v) is 11.8. The van der Waals surface area contributed by atoms with Crippen molar-refractivity contribution in [3.05, 3.63) is 104 Å². The second-order valence-corrected chi connectivity index (χ2v) is 8.74. The highest BCUT2D eigenvalue weighted by atomic mass is 32.2. The van der Waals surface area contributed by atoms with Gasteiger partial charge in [-0.05, 0) is 77.9 Å². The van der Waals surface area contributed by atoms with Crippen molar-refractivity contribution in [2.24, 2.45) is 0 Å². The zero-order valence-electron chi connectivity index (χ0n) is 19.2. The lowest BCUT2D eigenvalue weighted by Gasteiger charge is -2.13. The number of benzene rings is 3. The van der Waals surface area contributed by atoms with Crippen LogP contribution in [0.3, 0.4) is 0 Å². The fourth-order valence-electron chi connectivity index (χ4n) is 3.44. The second-order valence-electron chi connectivity index (χ2n) is 7.75. The number of nitro benzene ring substituents is 1. The highest BCUT2D eigenvalue weighted by molar-refractivity contribution is 8.18. The van der Waals surface area contributed by atoms with Crippen molar-refractivity contribution >= 4 is 34.7 Å². The van der Waals surface area contributed by atoms with Crippen LogP contribution in [-0.4, -0.2) is 27.6 Å². The highest BCUT2D eigenvalue weighted by Gasteiger charge is 2.35. The summed E-state index contributed by atoms with van der Waals surface area (Å²) in [6.45, 7) is 2.45. The van der Waals surface area contributed by atoms with Gasteiger partial charge in [0.15, 0.2) is 11.5 Å². The Morgan fingerprint density at radius 3 is 2.33 bits per heavy atom. The fraction of sp³-hybridized carbons (Fsp3) is 0.154. The molecule has 1 aliphatic heterocycles. The molecule has 4 rings (SSSR count). The monoisotopic (exact) mass is 508 g/mol. The number of halogens is 1. The van der Waals surface area contributed by atoms with Crippen molar-refractivity contribution in [2.75, 3.05) is 6.61 Å². The lowest BCUT2D eigenvalue weighted by Crippen LogP contribution is -2.27. The van der Waals surface area contributed by atoms with Gasteiger partial charge in [-0.15, -0.1) is 0 Å². The summed E-state index contributed by atoms with van der Waals surface area (Å²) < 4.78 is 24.7. The highest BCUT2D eigenvalue weighted by Crippen LogP contribution is 2.35. The van der Waals surface area contributed by atoms with Crippen LogP contribution in [0, 0.1) is 15.9 Å². The maximum Gasteiger partial charge on any atom is 0.293 e. The molecule has 0 bridgehead atoms. The summed E-state index contributed by atoms with van der Waals surface area (Å²) in [5.41, 5.74) is 2.05. The number of carbonyl (C=O) groups is 2. The Kier molecular flexibility index (Phi) is 7.65. The van der Waals surface area contributed by atoms with Gasteiger partial charge < -0.3 is 9.47 Å². The van der Waals surface area contributed by atoms with E-state index in [9.17, 15) is 24.1 Å². The van der Waals surface area contributed by atoms with Crippen LogP contribution in [0.5, 0.6) is 11.5 Å². The molecule has 0 N–H and O–H groups in total. The minimum atomic E-state index is -0.464. The molecule has 3 aromatic rings. The Balaban J connectivity index is 1.48. The zero-order valence-corrected chi connectivity index (χ0v) is 20.0. The molecular formula is C26H21FN2O6S. The quantitative estimate of drug-likeness (QED) is 0.200. The van der Waals surface area contributed by atoms with Crippen molar-refractivity contribution in [3.8, 4) is 11.5 Å². The first-order valence-electron chi connectivity index (χ1n) is 11.0. The third-order valence-corrected chi connectivity index (χ3v) is 6.14. The Bertz CT molecular complexity index is 1330. The van der Waals surface area contributed by atoms with Gasteiger partial charge >= 0.3 is 0 Å². The van der Waals surface area contributed by atoms with Gasteiger partial charge in [0.2, 0.25) is 0 Å². The van der Waals surface area contributed by atoms with E-state index in [0.29, 0.717) is 29.2 Å². The van der Waals surface area contributed by atoms with E-state index in [4.69, 9.17) is 9.47 Å². The van der Waals surface area contributed by atoms with Crippen molar-refractivity contribution < 1.29 is 28.4 Å². The van der Waals surface area contributed by atoms with Gasteiger partial charge in [0, 0.05) is 12.1 Å². The fourth-order valence-corrected chi connectivity index (χ4v) is 4.28. The summed E-state index contributed by atoms with van der Waals surface area (Å²) >= 11 is 0.838. The van der Waals surface area contributed by atoms with Crippen molar-refractivity contribution in [3.63, 3.8) is 0 Å². The van der Waals surface area contributed by atoms with Gasteiger partial charge in [-0.3, -0.25) is 24.6 Å². The molecular weight excluding hydrogens is 487 g/mol. The van der Waals surface area contributed by atoms with Crippen LogP contribution in [0.2, 0.25) is 0 Å². The SMILES string of the molecule is CCOc1cc(/C=C2/SC(=O)N(Cc3ccc(F)cc3)C2=O)ccc1OCc1ccc([N+](=O)[O-])cc1. The topological polar surface area (TPSA) is 99.0 Å². The predicted molar refractivity (Wildman–Crippen MR) is 133 cm³/mol. The average molecular weight is 509 g/mol. The Morgan fingerprint density at radius 1 is 0.972 bits per heavy atom. The molecule has 10 heteroatoms. The molecule has 1 aliphatic rings. The van der Waals surface area contributed by atoms with Crippen LogP contribution in [-0.2, 0) is 17.9 Å². The number of carbonyl (C=O) groups excluding carboxylic acids is 2. The van der Waals surface area contributed by atoms with Gasteiger partial charge in [0.05, 0.1) is 23.0 Å². The number of nitrogens with zero attached hydrogens (tertiary/aromatic N) is 2. The number of ether oxygens (including phenoxy) is 2. The number of imide groups is 1. The van der Waals surface area contributed by atoms with Gasteiger partial charge in [0.1, 0.15) is 12.4 Å². The van der Waals surface area contributed by atoms with Crippen LogP contribution in [0.15, 0.2) is 71.6 Å². The van der Waals surface area contributed by atoms with E-state index in [-0.39, 0.29) is 23.7 Å². The number of amides is 2. The third kappa shape index (κ3) is 5.89. The number of nitro groups is 1. The minimum Gasteiger partial charge on any atom is -0.490 e. The van der Waals surface area contributed by atoms with Crippen molar-refractivity contribution in [2.45, 2.75) is 20.1 Å². The number of non-ortho nitro benzene ring substituents is 1. The maximum absolute atomic E-state index is 13.1. The van der Waals surface area contributed by atoms with Gasteiger partial charge in [0.25, 0.3) is 16.8 Å². The number of hydrogen-bond donors (Lipinski definition) is 0. The van der Waals surface area contributed by atoms with Crippen LogP contribution in [0.1, 0.15) is 23.6 Å². The summed E-state index contributed by atoms with van der Waals surface area (Å²) in [5, 5.41) is 10.4. The van der Waals surface area contributed by atoms with E-state index in [1.165, 1.54) is 36.4 Å². The summed E-state index contributed by atoms with van der Waals surface area (Å²) in [5.74, 6) is 0.110. The van der Waals surface area contributed by atoms with E-state index < -0.39 is 21.9 Å². The molecule has 36 heavy (non-hydrogen) atoms. The van der Waals surface area contributed by atoms with Gasteiger partial charge in [-0.2, -0.15) is 0 Å². The number of thioether (sulfide) groups is 1. The smallest absolute Gasteiger partial charge is 0.293 e. The van der Waals surface area contributed by atoms with Gasteiger partial charge in [-0.25, -0.2) is 4.39 Å². The summed E-state index contributed by atoms with van der Waals surface area (Å²) in [4.78, 5) is 37.0. The zero-order chi connectivity index (χ0) is 25.7. The number of rotatable bonds is 9. The summed E-state index contributed by atoms with van der Waals surface area (Å²) in [6.07, 6.45) is 1.61. The molecule has 0 radical (unpaired) electrons. The minimum absolute atomic E-state index is 0.000174. The van der Waals surface area contributed by atoms with Crippen LogP contribution < -0.4 is 9.47 Å². The first kappa shape index (κ1) is 24.9. The molecule has 0 spiro atoms. The second kappa shape index (κ2) is 11.0. The molecule has 8 nitrogen and oxygen atoms in total. The van der Waals surface area contributed by atoms with Crippen molar-refractivity contribution in [1.82, 2.24) is 4.90 Å². The molecule has 1 saturated heterocycles. The van der Waals surface area contributed by atoms with Crippen molar-refractivity contribution in [1.29, 1.82) is 0 Å². The van der Waals surface area contributed by atoms with Crippen LogP contribution in [0.25, 0.3) is 6.08 Å². The molecule has 2 amide bonds. The largest absolute Gasteiger partial charge is 0.490 e. The lowest BCUT2D eigenvalue weighted by atomic mass is 10.1. The maximum atomic E-state index is 13.1. The summed E-state index contributed by atoms with van der Waals surface area (Å²) in [7, 11) is 0. The molecule has 0 saturated carbocycles. The Morgan fingerprint density at radius 2 is 1.67 bits per heavy atom. The summed E-state index contributed by atoms with van der Waals surface area (Å²) in [6, 6.07) is 16.8. The predicted octanol–water partition coefficient (Wildman–Crippen LogP) is 5.95. The Hall–Kier alpha value is -4.18. The number of hydrogen-bond acceptors (Lipinski definition) is 7. The normalized spacial score (nSPS) is 14.4. The standard InChI is InChI=1S/C26H21FN2O6S/c1-2-34-23-13-19(7-12-22(23)35-16-18-5-10-21(11-6-18)29(32)33)14-24-25(30)28(26(31)36-24)15-17-3-8-20(27)9-4-17/h3-14H,2,15-16H2,1H3/b24-14+. The molecule has 0 aliphatic carbocycles. The van der Waals surface area contributed by atoms with E-state index in [1.54, 1.807) is 36.4 Å². The van der Waals surface area contributed by atoms with E-state index in [0.717, 1.165) is 22.2 Å². The molecule has 0 aromatic heterocycles. The van der Waals surface area contributed by atoms with Gasteiger partial charge in [-0.1, -0.05) is 18.2 Å². The molecule has 1 fully saturated rings. The third-order valence-electron chi connectivity index (χ3n) is 5.23.